The van der Waals surface area contributed by atoms with E-state index in [1.807, 2.05) is 31.2 Å². The fourth-order valence-corrected chi connectivity index (χ4v) is 2.59. The van der Waals surface area contributed by atoms with Crippen LogP contribution in [0, 0.1) is 0 Å². The van der Waals surface area contributed by atoms with Crippen molar-refractivity contribution in [2.24, 2.45) is 0 Å². The number of benzene rings is 1. The number of hydrogen-bond acceptors (Lipinski definition) is 5. The molecule has 0 aliphatic carbocycles. The van der Waals surface area contributed by atoms with Crippen molar-refractivity contribution >= 4 is 17.7 Å². The second-order valence-corrected chi connectivity index (χ2v) is 5.56. The van der Waals surface area contributed by atoms with E-state index in [1.54, 1.807) is 7.11 Å². The highest BCUT2D eigenvalue weighted by Gasteiger charge is 2.18. The van der Waals surface area contributed by atoms with Gasteiger partial charge in [0.1, 0.15) is 12.1 Å². The van der Waals surface area contributed by atoms with E-state index < -0.39 is 0 Å². The maximum atomic E-state index is 12.2. The Balaban J connectivity index is 1.86. The van der Waals surface area contributed by atoms with E-state index in [0.717, 1.165) is 17.7 Å². The van der Waals surface area contributed by atoms with E-state index in [2.05, 4.69) is 20.5 Å². The predicted molar refractivity (Wildman–Crippen MR) is 81.2 cm³/mol. The average molecular weight is 306 g/mol. The second kappa shape index (κ2) is 7.68. The Hall–Kier alpha value is -2.02. The fourth-order valence-electron chi connectivity index (χ4n) is 1.75. The summed E-state index contributed by atoms with van der Waals surface area (Å²) in [7, 11) is 1.63. The van der Waals surface area contributed by atoms with E-state index >= 15 is 0 Å². The summed E-state index contributed by atoms with van der Waals surface area (Å²) in [6, 6.07) is 7.62. The molecule has 0 fully saturated rings. The molecule has 0 saturated carbocycles. The van der Waals surface area contributed by atoms with Crippen molar-refractivity contribution in [1.82, 2.24) is 20.5 Å². The third kappa shape index (κ3) is 4.49. The maximum Gasteiger partial charge on any atom is 0.233 e. The molecule has 2 N–H and O–H groups in total. The minimum atomic E-state index is -0.184. The zero-order chi connectivity index (χ0) is 15.1. The number of methoxy groups -OCH3 is 1. The van der Waals surface area contributed by atoms with Crippen molar-refractivity contribution in [3.05, 3.63) is 36.2 Å². The van der Waals surface area contributed by atoms with Crippen molar-refractivity contribution < 1.29 is 9.53 Å². The molecule has 1 atom stereocenters. The van der Waals surface area contributed by atoms with Crippen LogP contribution in [0.2, 0.25) is 0 Å². The number of nitrogens with one attached hydrogen (secondary N) is 2. The standard InChI is InChI=1S/C14H18N4O2S/c1-3-12(21-14-16-9-17-18-14)13(19)15-8-10-4-6-11(20-2)7-5-10/h4-7,9,12H,3,8H2,1-2H3,(H,15,19)(H,16,17,18). The van der Waals surface area contributed by atoms with Gasteiger partial charge in [-0.05, 0) is 24.1 Å². The molecule has 0 aliphatic heterocycles. The van der Waals surface area contributed by atoms with Gasteiger partial charge in [-0.1, -0.05) is 30.8 Å². The minimum Gasteiger partial charge on any atom is -0.497 e. The third-order valence-corrected chi connectivity index (χ3v) is 4.19. The Morgan fingerprint density at radius 1 is 1.43 bits per heavy atom. The van der Waals surface area contributed by atoms with Crippen molar-refractivity contribution in [2.45, 2.75) is 30.3 Å². The second-order valence-electron chi connectivity index (χ2n) is 4.37. The van der Waals surface area contributed by atoms with Crippen molar-refractivity contribution in [3.8, 4) is 5.75 Å². The predicted octanol–water partition coefficient (Wildman–Crippen LogP) is 2.00. The number of rotatable bonds is 7. The molecule has 1 heterocycles. The SMILES string of the molecule is CCC(Sc1ncn[nH]1)C(=O)NCc1ccc(OC)cc1. The normalized spacial score (nSPS) is 11.9. The molecule has 2 rings (SSSR count). The highest BCUT2D eigenvalue weighted by Crippen LogP contribution is 2.21. The van der Waals surface area contributed by atoms with Crippen LogP contribution in [0.5, 0.6) is 5.75 Å². The smallest absolute Gasteiger partial charge is 0.233 e. The molecule has 1 amide bonds. The number of thioether (sulfide) groups is 1. The molecule has 0 radical (unpaired) electrons. The zero-order valence-corrected chi connectivity index (χ0v) is 12.8. The van der Waals surface area contributed by atoms with Gasteiger partial charge in [0.05, 0.1) is 12.4 Å². The molecule has 21 heavy (non-hydrogen) atoms. The van der Waals surface area contributed by atoms with E-state index in [1.165, 1.54) is 18.1 Å². The summed E-state index contributed by atoms with van der Waals surface area (Å²) in [6.45, 7) is 2.47. The lowest BCUT2D eigenvalue weighted by atomic mass is 10.2. The van der Waals surface area contributed by atoms with Crippen LogP contribution in [0.15, 0.2) is 35.7 Å². The number of hydrogen-bond donors (Lipinski definition) is 2. The number of amides is 1. The Morgan fingerprint density at radius 3 is 2.76 bits per heavy atom. The van der Waals surface area contributed by atoms with Gasteiger partial charge in [-0.2, -0.15) is 5.10 Å². The molecule has 0 aliphatic rings. The Bertz CT molecular complexity index is 557. The molecule has 7 heteroatoms. The summed E-state index contributed by atoms with van der Waals surface area (Å²) in [5.74, 6) is 0.798. The molecule has 112 valence electrons. The van der Waals surface area contributed by atoms with Gasteiger partial charge in [-0.15, -0.1) is 0 Å². The Morgan fingerprint density at radius 2 is 2.19 bits per heavy atom. The first kappa shape index (κ1) is 15.4. The average Bonchev–Trinajstić information content (AvgIpc) is 3.03. The summed E-state index contributed by atoms with van der Waals surface area (Å²) in [6.07, 6.45) is 2.16. The van der Waals surface area contributed by atoms with Crippen LogP contribution in [-0.2, 0) is 11.3 Å². The van der Waals surface area contributed by atoms with Crippen LogP contribution in [-0.4, -0.2) is 33.4 Å². The van der Waals surface area contributed by atoms with E-state index in [4.69, 9.17) is 4.74 Å². The molecule has 6 nitrogen and oxygen atoms in total. The summed E-state index contributed by atoms with van der Waals surface area (Å²) in [5.41, 5.74) is 1.03. The van der Waals surface area contributed by atoms with Gasteiger partial charge in [0, 0.05) is 6.54 Å². The van der Waals surface area contributed by atoms with Crippen LogP contribution < -0.4 is 10.1 Å². The topological polar surface area (TPSA) is 79.9 Å². The molecule has 1 unspecified atom stereocenters. The van der Waals surface area contributed by atoms with Crippen LogP contribution in [0.25, 0.3) is 0 Å². The summed E-state index contributed by atoms with van der Waals surface area (Å²) < 4.78 is 5.10. The summed E-state index contributed by atoms with van der Waals surface area (Å²) >= 11 is 1.38. The molecule has 2 aromatic rings. The molecule has 0 saturated heterocycles. The lowest BCUT2D eigenvalue weighted by molar-refractivity contribution is -0.120. The largest absolute Gasteiger partial charge is 0.497 e. The first-order valence-corrected chi connectivity index (χ1v) is 7.53. The van der Waals surface area contributed by atoms with Gasteiger partial charge in [0.15, 0.2) is 5.16 Å². The highest BCUT2D eigenvalue weighted by atomic mass is 32.2. The highest BCUT2D eigenvalue weighted by molar-refractivity contribution is 8.00. The van der Waals surface area contributed by atoms with Gasteiger partial charge in [-0.25, -0.2) is 4.98 Å². The first-order valence-electron chi connectivity index (χ1n) is 6.65. The number of aromatic nitrogens is 3. The molecular formula is C14H18N4O2S. The summed E-state index contributed by atoms with van der Waals surface area (Å²) in [5, 5.41) is 9.94. The Labute approximate surface area is 127 Å². The number of carbonyl (C=O) groups excluding carboxylic acids is 1. The number of H-pyrrole nitrogens is 1. The van der Waals surface area contributed by atoms with E-state index in [9.17, 15) is 4.79 Å². The lowest BCUT2D eigenvalue weighted by Crippen LogP contribution is -2.31. The van der Waals surface area contributed by atoms with Crippen molar-refractivity contribution in [2.75, 3.05) is 7.11 Å². The molecular weight excluding hydrogens is 288 g/mol. The van der Waals surface area contributed by atoms with Gasteiger partial charge in [-0.3, -0.25) is 9.89 Å². The summed E-state index contributed by atoms with van der Waals surface area (Å²) in [4.78, 5) is 16.2. The van der Waals surface area contributed by atoms with Crippen molar-refractivity contribution in [3.63, 3.8) is 0 Å². The van der Waals surface area contributed by atoms with E-state index in [0.29, 0.717) is 11.7 Å². The maximum absolute atomic E-state index is 12.2. The lowest BCUT2D eigenvalue weighted by Gasteiger charge is -2.13. The zero-order valence-electron chi connectivity index (χ0n) is 12.0. The number of ether oxygens (including phenoxy) is 1. The van der Waals surface area contributed by atoms with Gasteiger partial charge in [0.2, 0.25) is 5.91 Å². The van der Waals surface area contributed by atoms with Crippen LogP contribution in [0.4, 0.5) is 0 Å². The number of nitrogens with zero attached hydrogens (tertiary/aromatic N) is 2. The minimum absolute atomic E-state index is 0.00489. The molecule has 1 aromatic heterocycles. The Kier molecular flexibility index (Phi) is 5.62. The quantitative estimate of drug-likeness (QED) is 0.765. The molecule has 0 spiro atoms. The van der Waals surface area contributed by atoms with Gasteiger partial charge >= 0.3 is 0 Å². The monoisotopic (exact) mass is 306 g/mol. The number of carbonyl (C=O) groups is 1. The van der Waals surface area contributed by atoms with Crippen molar-refractivity contribution in [1.29, 1.82) is 0 Å². The van der Waals surface area contributed by atoms with Crippen LogP contribution in [0.3, 0.4) is 0 Å². The fraction of sp³-hybridized carbons (Fsp3) is 0.357. The molecule has 1 aromatic carbocycles. The van der Waals surface area contributed by atoms with E-state index in [-0.39, 0.29) is 11.2 Å². The van der Waals surface area contributed by atoms with Crippen LogP contribution in [0.1, 0.15) is 18.9 Å². The van der Waals surface area contributed by atoms with Gasteiger partial charge in [0.25, 0.3) is 0 Å². The molecule has 0 bridgehead atoms. The van der Waals surface area contributed by atoms with Crippen LogP contribution >= 0.6 is 11.8 Å². The third-order valence-electron chi connectivity index (χ3n) is 2.94. The first-order chi connectivity index (χ1) is 10.2. The van der Waals surface area contributed by atoms with Gasteiger partial charge < -0.3 is 10.1 Å². The number of aromatic amines is 1.